The first-order valence-corrected chi connectivity index (χ1v) is 8.40. The Labute approximate surface area is 153 Å². The van der Waals surface area contributed by atoms with Gasteiger partial charge in [0.05, 0.1) is 25.7 Å². The summed E-state index contributed by atoms with van der Waals surface area (Å²) in [5.41, 5.74) is 2.91. The number of ether oxygens (including phenoxy) is 2. The molecule has 134 valence electrons. The summed E-state index contributed by atoms with van der Waals surface area (Å²) in [5, 5.41) is 18.1. The topological polar surface area (TPSA) is 79.5 Å². The van der Waals surface area contributed by atoms with Crippen molar-refractivity contribution < 1.29 is 19.4 Å². The zero-order chi connectivity index (χ0) is 18.9. The molecule has 2 rings (SSSR count). The van der Waals surface area contributed by atoms with Crippen molar-refractivity contribution >= 4 is 11.5 Å². The van der Waals surface area contributed by atoms with Crippen molar-refractivity contribution in [1.29, 1.82) is 5.26 Å². The van der Waals surface area contributed by atoms with Crippen LogP contribution < -0.4 is 9.47 Å². The molecule has 0 heterocycles. The molecular formula is C21H21NO4. The summed E-state index contributed by atoms with van der Waals surface area (Å²) >= 11 is 0. The van der Waals surface area contributed by atoms with Gasteiger partial charge in [-0.15, -0.1) is 0 Å². The van der Waals surface area contributed by atoms with Crippen LogP contribution in [0.15, 0.2) is 48.5 Å². The lowest BCUT2D eigenvalue weighted by Gasteiger charge is -2.14. The standard InChI is InChI=1S/C21H21NO4/c1-3-25-19-10-9-17(13-20(19)26-4-2)18(14-21(23)24)16-7-5-15(6-8-16)11-12-22/h5-10,13-14H,3-4,11H2,1-2H3,(H,23,24)/b18-14-. The van der Waals surface area contributed by atoms with Crippen molar-refractivity contribution in [2.24, 2.45) is 0 Å². The predicted octanol–water partition coefficient (Wildman–Crippen LogP) is 4.07. The highest BCUT2D eigenvalue weighted by molar-refractivity contribution is 5.95. The van der Waals surface area contributed by atoms with Crippen LogP contribution in [0.25, 0.3) is 5.57 Å². The van der Waals surface area contributed by atoms with Gasteiger partial charge >= 0.3 is 5.97 Å². The van der Waals surface area contributed by atoms with Crippen LogP contribution in [0.2, 0.25) is 0 Å². The molecule has 26 heavy (non-hydrogen) atoms. The van der Waals surface area contributed by atoms with Gasteiger partial charge < -0.3 is 14.6 Å². The minimum absolute atomic E-state index is 0.315. The number of carboxylic acids is 1. The van der Waals surface area contributed by atoms with Gasteiger partial charge in [0.2, 0.25) is 0 Å². The summed E-state index contributed by atoms with van der Waals surface area (Å²) in [6, 6.07) is 14.8. The molecule has 0 radical (unpaired) electrons. The van der Waals surface area contributed by atoms with Gasteiger partial charge in [0.15, 0.2) is 11.5 Å². The third-order valence-corrected chi connectivity index (χ3v) is 3.67. The molecule has 0 aliphatic heterocycles. The summed E-state index contributed by atoms with van der Waals surface area (Å²) < 4.78 is 11.2. The van der Waals surface area contributed by atoms with Crippen molar-refractivity contribution in [3.8, 4) is 17.6 Å². The molecule has 2 aromatic rings. The monoisotopic (exact) mass is 351 g/mol. The van der Waals surface area contributed by atoms with Crippen molar-refractivity contribution in [1.82, 2.24) is 0 Å². The fraction of sp³-hybridized carbons (Fsp3) is 0.238. The van der Waals surface area contributed by atoms with E-state index in [9.17, 15) is 9.90 Å². The largest absolute Gasteiger partial charge is 0.490 e. The van der Waals surface area contributed by atoms with E-state index < -0.39 is 5.97 Å². The van der Waals surface area contributed by atoms with Gasteiger partial charge in [-0.25, -0.2) is 4.79 Å². The second kappa shape index (κ2) is 9.28. The zero-order valence-corrected chi connectivity index (χ0v) is 14.9. The molecule has 0 unspecified atom stereocenters. The van der Waals surface area contributed by atoms with Crippen LogP contribution in [0, 0.1) is 11.3 Å². The number of hydrogen-bond acceptors (Lipinski definition) is 4. The third kappa shape index (κ3) is 4.87. The van der Waals surface area contributed by atoms with Crippen LogP contribution in [0.4, 0.5) is 0 Å². The fourth-order valence-corrected chi connectivity index (χ4v) is 2.57. The van der Waals surface area contributed by atoms with E-state index in [2.05, 4.69) is 6.07 Å². The molecule has 0 bridgehead atoms. The number of benzene rings is 2. The van der Waals surface area contributed by atoms with Crippen LogP contribution in [-0.4, -0.2) is 24.3 Å². The maximum Gasteiger partial charge on any atom is 0.328 e. The molecule has 5 nitrogen and oxygen atoms in total. The Morgan fingerprint density at radius 1 is 1.04 bits per heavy atom. The van der Waals surface area contributed by atoms with Gasteiger partial charge in [-0.1, -0.05) is 30.3 Å². The molecule has 0 aliphatic rings. The Morgan fingerprint density at radius 3 is 2.23 bits per heavy atom. The van der Waals surface area contributed by atoms with Crippen molar-refractivity contribution in [3.63, 3.8) is 0 Å². The van der Waals surface area contributed by atoms with Crippen molar-refractivity contribution in [2.45, 2.75) is 20.3 Å². The first-order chi connectivity index (χ1) is 12.6. The summed E-state index contributed by atoms with van der Waals surface area (Å²) in [6.07, 6.45) is 1.49. The molecule has 0 amide bonds. The van der Waals surface area contributed by atoms with Crippen LogP contribution in [0.3, 0.4) is 0 Å². The minimum Gasteiger partial charge on any atom is -0.490 e. The van der Waals surface area contributed by atoms with E-state index in [-0.39, 0.29) is 0 Å². The number of carboxylic acid groups (broad SMARTS) is 1. The van der Waals surface area contributed by atoms with Crippen molar-refractivity contribution in [2.75, 3.05) is 13.2 Å². The average molecular weight is 351 g/mol. The number of carbonyl (C=O) groups is 1. The van der Waals surface area contributed by atoms with Gasteiger partial charge in [-0.3, -0.25) is 0 Å². The van der Waals surface area contributed by atoms with E-state index in [1.165, 1.54) is 6.08 Å². The number of hydrogen-bond donors (Lipinski definition) is 1. The van der Waals surface area contributed by atoms with Crippen molar-refractivity contribution in [3.05, 3.63) is 65.2 Å². The van der Waals surface area contributed by atoms with E-state index in [1.54, 1.807) is 12.1 Å². The Hall–Kier alpha value is -3.26. The van der Waals surface area contributed by atoms with Crippen LogP contribution in [-0.2, 0) is 11.2 Å². The smallest absolute Gasteiger partial charge is 0.328 e. The second-order valence-corrected chi connectivity index (χ2v) is 5.46. The van der Waals surface area contributed by atoms with Gasteiger partial charge in [-0.05, 0) is 48.2 Å². The quantitative estimate of drug-likeness (QED) is 0.725. The van der Waals surface area contributed by atoms with Crippen LogP contribution in [0.5, 0.6) is 11.5 Å². The van der Waals surface area contributed by atoms with E-state index >= 15 is 0 Å². The number of nitriles is 1. The number of aliphatic carboxylic acids is 1. The minimum atomic E-state index is -1.03. The highest BCUT2D eigenvalue weighted by Crippen LogP contribution is 2.33. The molecule has 0 aliphatic carbocycles. The molecule has 0 spiro atoms. The number of nitrogens with zero attached hydrogens (tertiary/aromatic N) is 1. The molecule has 0 saturated heterocycles. The lowest BCUT2D eigenvalue weighted by molar-refractivity contribution is -0.131. The summed E-state index contributed by atoms with van der Waals surface area (Å²) in [5.74, 6) is 0.161. The van der Waals surface area contributed by atoms with Gasteiger partial charge in [-0.2, -0.15) is 5.26 Å². The van der Waals surface area contributed by atoms with E-state index in [4.69, 9.17) is 14.7 Å². The lowest BCUT2D eigenvalue weighted by atomic mass is 9.96. The maximum atomic E-state index is 11.3. The van der Waals surface area contributed by atoms with Crippen LogP contribution in [0.1, 0.15) is 30.5 Å². The Balaban J connectivity index is 2.49. The molecule has 0 saturated carbocycles. The van der Waals surface area contributed by atoms with E-state index in [1.807, 2.05) is 44.2 Å². The highest BCUT2D eigenvalue weighted by Gasteiger charge is 2.12. The van der Waals surface area contributed by atoms with Gasteiger partial charge in [0.1, 0.15) is 0 Å². The zero-order valence-electron chi connectivity index (χ0n) is 14.9. The summed E-state index contributed by atoms with van der Waals surface area (Å²) in [7, 11) is 0. The Kier molecular flexibility index (Phi) is 6.81. The SMILES string of the molecule is CCOc1ccc(/C(=C\C(=O)O)c2ccc(CC#N)cc2)cc1OCC. The number of rotatable bonds is 8. The predicted molar refractivity (Wildman–Crippen MR) is 99.3 cm³/mol. The Morgan fingerprint density at radius 2 is 1.65 bits per heavy atom. The molecular weight excluding hydrogens is 330 g/mol. The summed E-state index contributed by atoms with van der Waals surface area (Å²) in [4.78, 5) is 11.3. The molecule has 2 aromatic carbocycles. The van der Waals surface area contributed by atoms with Gasteiger partial charge in [0, 0.05) is 6.08 Å². The summed E-state index contributed by atoms with van der Waals surface area (Å²) in [6.45, 7) is 4.76. The maximum absolute atomic E-state index is 11.3. The highest BCUT2D eigenvalue weighted by atomic mass is 16.5. The molecule has 0 fully saturated rings. The lowest BCUT2D eigenvalue weighted by Crippen LogP contribution is -2.00. The molecule has 0 atom stereocenters. The normalized spacial score (nSPS) is 10.9. The fourth-order valence-electron chi connectivity index (χ4n) is 2.57. The molecule has 1 N–H and O–H groups in total. The van der Waals surface area contributed by atoms with Gasteiger partial charge in [0.25, 0.3) is 0 Å². The Bertz CT molecular complexity index is 832. The van der Waals surface area contributed by atoms with E-state index in [0.29, 0.717) is 42.3 Å². The van der Waals surface area contributed by atoms with Crippen LogP contribution >= 0.6 is 0 Å². The van der Waals surface area contributed by atoms with E-state index in [0.717, 1.165) is 11.1 Å². The first kappa shape index (κ1) is 19.1. The molecule has 0 aromatic heterocycles. The second-order valence-electron chi connectivity index (χ2n) is 5.46. The first-order valence-electron chi connectivity index (χ1n) is 8.40. The third-order valence-electron chi connectivity index (χ3n) is 3.67. The average Bonchev–Trinajstić information content (AvgIpc) is 2.62. The molecule has 5 heteroatoms.